The number of benzene rings is 2. The van der Waals surface area contributed by atoms with Crippen molar-refractivity contribution in [1.82, 2.24) is 5.32 Å². The summed E-state index contributed by atoms with van der Waals surface area (Å²) in [5, 5.41) is 13.5. The molecule has 0 aromatic heterocycles. The highest BCUT2D eigenvalue weighted by Gasteiger charge is 2.30. The number of carbonyl (C=O) groups excluding carboxylic acids is 1. The van der Waals surface area contributed by atoms with Crippen LogP contribution in [0.25, 0.3) is 0 Å². The summed E-state index contributed by atoms with van der Waals surface area (Å²) < 4.78 is 11.3. The molecule has 0 aliphatic heterocycles. The summed E-state index contributed by atoms with van der Waals surface area (Å²) in [4.78, 5) is 12.7. The minimum absolute atomic E-state index is 0.0356. The second kappa shape index (κ2) is 11.4. The second-order valence-electron chi connectivity index (χ2n) is 7.73. The number of ether oxygens (including phenoxy) is 2. The fourth-order valence-electron chi connectivity index (χ4n) is 4.07. The van der Waals surface area contributed by atoms with E-state index in [-0.39, 0.29) is 17.9 Å². The molecule has 1 aliphatic carbocycles. The van der Waals surface area contributed by atoms with Crippen LogP contribution in [0, 0.1) is 11.8 Å². The molecule has 5 heteroatoms. The van der Waals surface area contributed by atoms with Gasteiger partial charge in [-0.3, -0.25) is 4.79 Å². The van der Waals surface area contributed by atoms with Crippen LogP contribution in [0.15, 0.2) is 48.5 Å². The molecule has 0 saturated heterocycles. The number of nitrogens with one attached hydrogen (secondary N) is 1. The van der Waals surface area contributed by atoms with E-state index >= 15 is 0 Å². The van der Waals surface area contributed by atoms with Crippen LogP contribution in [-0.4, -0.2) is 30.8 Å². The van der Waals surface area contributed by atoms with Gasteiger partial charge in [0.05, 0.1) is 7.11 Å². The number of amides is 1. The summed E-state index contributed by atoms with van der Waals surface area (Å²) in [6, 6.07) is 14.9. The molecule has 1 saturated carbocycles. The number of methoxy groups -OCH3 is 1. The van der Waals surface area contributed by atoms with Crippen LogP contribution in [0.3, 0.4) is 0 Å². The Kier molecular flexibility index (Phi) is 8.37. The van der Waals surface area contributed by atoms with Gasteiger partial charge in [0.1, 0.15) is 6.61 Å². The van der Waals surface area contributed by atoms with Crippen LogP contribution in [0.1, 0.15) is 62.2 Å². The number of rotatable bonds is 7. The van der Waals surface area contributed by atoms with E-state index in [9.17, 15) is 9.90 Å². The third-order valence-electron chi connectivity index (χ3n) is 5.67. The Morgan fingerprint density at radius 3 is 2.65 bits per heavy atom. The summed E-state index contributed by atoms with van der Waals surface area (Å²) in [6.45, 7) is 2.32. The van der Waals surface area contributed by atoms with Crippen LogP contribution in [0.2, 0.25) is 0 Å². The zero-order valence-corrected chi connectivity index (χ0v) is 18.3. The standard InChI is InChI=1S/C26H31NO4/c1-3-4-10-17-31-23-16-15-20(18-24(23)30-2)21-13-8-9-14-22(21)27-26(29)25(28)19-11-6-5-7-12-19/h5-7,11-12,15-16,18,21-22,25,28H,3,8-9,13-14,17H2,1-2H3,(H,27,29). The van der Waals surface area contributed by atoms with Gasteiger partial charge >= 0.3 is 0 Å². The van der Waals surface area contributed by atoms with E-state index < -0.39 is 6.10 Å². The quantitative estimate of drug-likeness (QED) is 0.652. The highest BCUT2D eigenvalue weighted by molar-refractivity contribution is 5.82. The largest absolute Gasteiger partial charge is 0.493 e. The maximum absolute atomic E-state index is 12.7. The predicted molar refractivity (Wildman–Crippen MR) is 121 cm³/mol. The monoisotopic (exact) mass is 421 g/mol. The molecular formula is C26H31NO4. The van der Waals surface area contributed by atoms with Crippen molar-refractivity contribution in [2.45, 2.75) is 57.1 Å². The Morgan fingerprint density at radius 2 is 1.90 bits per heavy atom. The lowest BCUT2D eigenvalue weighted by Gasteiger charge is -2.33. The van der Waals surface area contributed by atoms with Gasteiger partial charge in [0.2, 0.25) is 0 Å². The first-order valence-corrected chi connectivity index (χ1v) is 10.9. The van der Waals surface area contributed by atoms with Crippen molar-refractivity contribution in [1.29, 1.82) is 0 Å². The Labute approximate surface area is 184 Å². The topological polar surface area (TPSA) is 67.8 Å². The van der Waals surface area contributed by atoms with Crippen molar-refractivity contribution >= 4 is 5.91 Å². The Balaban J connectivity index is 1.73. The average Bonchev–Trinajstić information content (AvgIpc) is 2.82. The molecule has 0 bridgehead atoms. The molecule has 1 amide bonds. The smallest absolute Gasteiger partial charge is 0.253 e. The molecule has 164 valence electrons. The number of carbonyl (C=O) groups is 1. The van der Waals surface area contributed by atoms with Crippen molar-refractivity contribution in [3.8, 4) is 23.3 Å². The van der Waals surface area contributed by atoms with Crippen molar-refractivity contribution < 1.29 is 19.4 Å². The maximum atomic E-state index is 12.7. The van der Waals surface area contributed by atoms with Gasteiger partial charge in [0.15, 0.2) is 17.6 Å². The Hall–Kier alpha value is -2.97. The van der Waals surface area contributed by atoms with Crippen molar-refractivity contribution in [2.24, 2.45) is 0 Å². The number of hydrogen-bond donors (Lipinski definition) is 2. The summed E-state index contributed by atoms with van der Waals surface area (Å²) in [6.07, 6.45) is 3.64. The second-order valence-corrected chi connectivity index (χ2v) is 7.73. The lowest BCUT2D eigenvalue weighted by atomic mass is 9.79. The Bertz CT molecular complexity index is 916. The molecule has 0 radical (unpaired) electrons. The molecular weight excluding hydrogens is 390 g/mol. The first-order valence-electron chi connectivity index (χ1n) is 10.9. The molecule has 0 heterocycles. The summed E-state index contributed by atoms with van der Waals surface area (Å²) in [5.74, 6) is 7.08. The fraction of sp³-hybridized carbons (Fsp3) is 0.423. The minimum atomic E-state index is -1.17. The highest BCUT2D eigenvalue weighted by atomic mass is 16.5. The Morgan fingerprint density at radius 1 is 1.13 bits per heavy atom. The van der Waals surface area contributed by atoms with Gasteiger partial charge < -0.3 is 19.9 Å². The lowest BCUT2D eigenvalue weighted by Crippen LogP contribution is -2.43. The van der Waals surface area contributed by atoms with Crippen LogP contribution in [-0.2, 0) is 4.79 Å². The van der Waals surface area contributed by atoms with Gasteiger partial charge in [0, 0.05) is 18.4 Å². The van der Waals surface area contributed by atoms with E-state index in [0.717, 1.165) is 37.7 Å². The van der Waals surface area contributed by atoms with Gasteiger partial charge in [-0.15, -0.1) is 5.92 Å². The highest BCUT2D eigenvalue weighted by Crippen LogP contribution is 2.37. The zero-order valence-electron chi connectivity index (χ0n) is 18.3. The lowest BCUT2D eigenvalue weighted by molar-refractivity contribution is -0.130. The molecule has 3 atom stereocenters. The van der Waals surface area contributed by atoms with Gasteiger partial charge in [-0.05, 0) is 36.1 Å². The van der Waals surface area contributed by atoms with Crippen molar-refractivity contribution in [2.75, 3.05) is 13.7 Å². The van der Waals surface area contributed by atoms with Gasteiger partial charge in [-0.25, -0.2) is 0 Å². The average molecular weight is 422 g/mol. The molecule has 31 heavy (non-hydrogen) atoms. The van der Waals surface area contributed by atoms with E-state index in [4.69, 9.17) is 9.47 Å². The SMILES string of the molecule is CCC#CCOc1ccc(C2CCCCC2NC(=O)C(O)c2ccccc2)cc1OC. The zero-order chi connectivity index (χ0) is 22.1. The first-order chi connectivity index (χ1) is 15.1. The third-order valence-corrected chi connectivity index (χ3v) is 5.67. The van der Waals surface area contributed by atoms with Crippen LogP contribution < -0.4 is 14.8 Å². The van der Waals surface area contributed by atoms with Crippen LogP contribution in [0.5, 0.6) is 11.5 Å². The minimum Gasteiger partial charge on any atom is -0.493 e. The van der Waals surface area contributed by atoms with Crippen LogP contribution >= 0.6 is 0 Å². The van der Waals surface area contributed by atoms with Gasteiger partial charge in [-0.1, -0.05) is 62.1 Å². The first kappa shape index (κ1) is 22.7. The summed E-state index contributed by atoms with van der Waals surface area (Å²) >= 11 is 0. The molecule has 2 aromatic carbocycles. The van der Waals surface area contributed by atoms with E-state index in [1.54, 1.807) is 19.2 Å². The molecule has 2 aromatic rings. The van der Waals surface area contributed by atoms with Gasteiger partial charge in [-0.2, -0.15) is 0 Å². The van der Waals surface area contributed by atoms with Crippen molar-refractivity contribution in [3.05, 3.63) is 59.7 Å². The van der Waals surface area contributed by atoms with Crippen molar-refractivity contribution in [3.63, 3.8) is 0 Å². The molecule has 3 rings (SSSR count). The number of aliphatic hydroxyl groups excluding tert-OH is 1. The van der Waals surface area contributed by atoms with E-state index in [1.807, 2.05) is 43.3 Å². The van der Waals surface area contributed by atoms with E-state index in [2.05, 4.69) is 17.2 Å². The fourth-order valence-corrected chi connectivity index (χ4v) is 4.07. The molecule has 5 nitrogen and oxygen atoms in total. The number of aliphatic hydroxyl groups is 1. The normalized spacial score (nSPS) is 18.9. The van der Waals surface area contributed by atoms with Crippen LogP contribution in [0.4, 0.5) is 0 Å². The van der Waals surface area contributed by atoms with E-state index in [1.165, 1.54) is 0 Å². The molecule has 1 fully saturated rings. The molecule has 3 unspecified atom stereocenters. The van der Waals surface area contributed by atoms with Gasteiger partial charge in [0.25, 0.3) is 5.91 Å². The number of hydrogen-bond acceptors (Lipinski definition) is 4. The maximum Gasteiger partial charge on any atom is 0.253 e. The summed E-state index contributed by atoms with van der Waals surface area (Å²) in [7, 11) is 1.63. The predicted octanol–water partition coefficient (Wildman–Crippen LogP) is 4.36. The molecule has 0 spiro atoms. The molecule has 1 aliphatic rings. The summed E-state index contributed by atoms with van der Waals surface area (Å²) in [5.41, 5.74) is 1.70. The van der Waals surface area contributed by atoms with E-state index in [0.29, 0.717) is 23.7 Å². The third kappa shape index (κ3) is 6.02. The molecule has 2 N–H and O–H groups in total.